The monoisotopic (exact) mass is 461 g/mol. The molecule has 0 aromatic heterocycles. The minimum atomic E-state index is 0.416. The Bertz CT molecular complexity index is 1260. The van der Waals surface area contributed by atoms with Gasteiger partial charge in [-0.15, -0.1) is 0 Å². The second-order valence-electron chi connectivity index (χ2n) is 7.92. The second kappa shape index (κ2) is 12.1. The molecule has 0 atom stereocenters. The number of rotatable bonds is 10. The number of para-hydroxylation sites is 1. The molecular formula is C30H27N3O2. The first-order chi connectivity index (χ1) is 17.2. The third-order valence-corrected chi connectivity index (χ3v) is 5.38. The number of hydrogen-bond acceptors (Lipinski definition) is 5. The molecule has 0 radical (unpaired) electrons. The van der Waals surface area contributed by atoms with Gasteiger partial charge in [0.2, 0.25) is 0 Å². The smallest absolute Gasteiger partial charge is 0.122 e. The van der Waals surface area contributed by atoms with Crippen LogP contribution in [-0.2, 0) is 6.54 Å². The highest BCUT2D eigenvalue weighted by atomic mass is 16.5. The van der Waals surface area contributed by atoms with Crippen LogP contribution in [0.3, 0.4) is 0 Å². The Morgan fingerprint density at radius 2 is 1.29 bits per heavy atom. The van der Waals surface area contributed by atoms with E-state index < -0.39 is 0 Å². The Morgan fingerprint density at radius 1 is 0.743 bits per heavy atom. The Balaban J connectivity index is 1.36. The molecule has 35 heavy (non-hydrogen) atoms. The molecule has 0 bridgehead atoms. The van der Waals surface area contributed by atoms with Gasteiger partial charge in [-0.1, -0.05) is 48.5 Å². The topological polar surface area (TPSA) is 57.9 Å². The Hall–Kier alpha value is -4.56. The van der Waals surface area contributed by atoms with E-state index in [1.54, 1.807) is 24.3 Å². The first-order valence-corrected chi connectivity index (χ1v) is 11.5. The van der Waals surface area contributed by atoms with Gasteiger partial charge < -0.3 is 9.47 Å². The molecule has 5 nitrogen and oxygen atoms in total. The molecule has 0 heterocycles. The Labute approximate surface area is 206 Å². The first kappa shape index (κ1) is 23.6. The van der Waals surface area contributed by atoms with Crippen molar-refractivity contribution >= 4 is 11.4 Å². The lowest BCUT2D eigenvalue weighted by Gasteiger charge is -2.21. The summed E-state index contributed by atoms with van der Waals surface area (Å²) in [6, 6.07) is 37.6. The molecule has 0 saturated carbocycles. The third kappa shape index (κ3) is 6.96. The van der Waals surface area contributed by atoms with Crippen molar-refractivity contribution in [2.45, 2.75) is 13.5 Å². The van der Waals surface area contributed by atoms with Crippen molar-refractivity contribution < 1.29 is 9.47 Å². The van der Waals surface area contributed by atoms with Crippen LogP contribution in [0.5, 0.6) is 11.5 Å². The van der Waals surface area contributed by atoms with E-state index in [1.807, 2.05) is 72.6 Å². The lowest BCUT2D eigenvalue weighted by atomic mass is 10.1. The molecule has 0 unspecified atom stereocenters. The Kier molecular flexibility index (Phi) is 8.13. The highest BCUT2D eigenvalue weighted by Crippen LogP contribution is 2.19. The molecule has 0 aliphatic carbocycles. The molecule has 0 fully saturated rings. The maximum atomic E-state index is 8.86. The summed E-state index contributed by atoms with van der Waals surface area (Å²) in [5.74, 6) is 1.49. The summed E-state index contributed by atoms with van der Waals surface area (Å²) in [6.45, 7) is 3.54. The summed E-state index contributed by atoms with van der Waals surface area (Å²) in [4.78, 5) is 0. The van der Waals surface area contributed by atoms with Gasteiger partial charge in [-0.3, -0.25) is 5.01 Å². The van der Waals surface area contributed by atoms with Crippen LogP contribution in [0, 0.1) is 11.3 Å². The SMILES string of the molecule is C/C(=N\N(Cc1ccccc1)c1ccccc1)c1ccc(OCCOc2ccc(C#N)cc2)cc1. The fourth-order valence-corrected chi connectivity index (χ4v) is 3.52. The van der Waals surface area contributed by atoms with Gasteiger partial charge in [0.05, 0.1) is 29.6 Å². The minimum absolute atomic E-state index is 0.416. The van der Waals surface area contributed by atoms with Gasteiger partial charge in [-0.2, -0.15) is 10.4 Å². The molecule has 0 saturated heterocycles. The van der Waals surface area contributed by atoms with Crippen molar-refractivity contribution in [3.8, 4) is 17.6 Å². The number of anilines is 1. The van der Waals surface area contributed by atoms with Crippen LogP contribution >= 0.6 is 0 Å². The van der Waals surface area contributed by atoms with E-state index in [4.69, 9.17) is 19.8 Å². The van der Waals surface area contributed by atoms with Gasteiger partial charge in [0.15, 0.2) is 0 Å². The summed E-state index contributed by atoms with van der Waals surface area (Å²) in [7, 11) is 0. The van der Waals surface area contributed by atoms with Crippen molar-refractivity contribution in [1.82, 2.24) is 0 Å². The fourth-order valence-electron chi connectivity index (χ4n) is 3.52. The van der Waals surface area contributed by atoms with Gasteiger partial charge >= 0.3 is 0 Å². The molecule has 5 heteroatoms. The third-order valence-electron chi connectivity index (χ3n) is 5.38. The number of ether oxygens (including phenoxy) is 2. The average Bonchev–Trinajstić information content (AvgIpc) is 2.92. The average molecular weight is 462 g/mol. The Morgan fingerprint density at radius 3 is 1.86 bits per heavy atom. The van der Waals surface area contributed by atoms with E-state index in [0.29, 0.717) is 31.1 Å². The zero-order valence-corrected chi connectivity index (χ0v) is 19.7. The predicted octanol–water partition coefficient (Wildman–Crippen LogP) is 6.45. The molecule has 4 aromatic rings. The maximum absolute atomic E-state index is 8.86. The fraction of sp³-hybridized carbons (Fsp3) is 0.133. The molecule has 4 aromatic carbocycles. The number of benzene rings is 4. The normalized spacial score (nSPS) is 10.9. The van der Waals surface area contributed by atoms with Gasteiger partial charge in [0.25, 0.3) is 0 Å². The van der Waals surface area contributed by atoms with Gasteiger partial charge in [-0.25, -0.2) is 0 Å². The zero-order valence-electron chi connectivity index (χ0n) is 19.7. The number of hydrazone groups is 1. The standard InChI is InChI=1S/C30H27N3O2/c1-24(32-33(28-10-6-3-7-11-28)23-26-8-4-2-5-9-26)27-14-18-30(19-15-27)35-21-20-34-29-16-12-25(22-31)13-17-29/h2-19H,20-21,23H2,1H3/b32-24+. The number of nitrogens with zero attached hydrogens (tertiary/aromatic N) is 3. The van der Waals surface area contributed by atoms with E-state index in [2.05, 4.69) is 30.3 Å². The highest BCUT2D eigenvalue weighted by Gasteiger charge is 2.08. The molecule has 0 aliphatic rings. The van der Waals surface area contributed by atoms with Crippen LogP contribution in [0.15, 0.2) is 114 Å². The summed E-state index contributed by atoms with van der Waals surface area (Å²) < 4.78 is 11.5. The van der Waals surface area contributed by atoms with Crippen LogP contribution in [0.4, 0.5) is 5.69 Å². The van der Waals surface area contributed by atoms with E-state index in [-0.39, 0.29) is 0 Å². The maximum Gasteiger partial charge on any atom is 0.122 e. The quantitative estimate of drug-likeness (QED) is 0.155. The summed E-state index contributed by atoms with van der Waals surface area (Å²) in [5.41, 5.74) is 4.79. The molecule has 174 valence electrons. The van der Waals surface area contributed by atoms with Crippen molar-refractivity contribution in [3.63, 3.8) is 0 Å². The van der Waals surface area contributed by atoms with Crippen molar-refractivity contribution in [3.05, 3.63) is 126 Å². The van der Waals surface area contributed by atoms with E-state index in [9.17, 15) is 0 Å². The molecule has 4 rings (SSSR count). The molecule has 0 N–H and O–H groups in total. The van der Waals surface area contributed by atoms with Gasteiger partial charge in [0, 0.05) is 0 Å². The summed E-state index contributed by atoms with van der Waals surface area (Å²) in [6.07, 6.45) is 0. The number of nitriles is 1. The van der Waals surface area contributed by atoms with Crippen molar-refractivity contribution in [2.75, 3.05) is 18.2 Å². The van der Waals surface area contributed by atoms with Crippen LogP contribution in [0.25, 0.3) is 0 Å². The summed E-state index contributed by atoms with van der Waals surface area (Å²) in [5, 5.41) is 15.8. The van der Waals surface area contributed by atoms with Gasteiger partial charge in [-0.05, 0) is 78.7 Å². The van der Waals surface area contributed by atoms with Crippen molar-refractivity contribution in [1.29, 1.82) is 5.26 Å². The minimum Gasteiger partial charge on any atom is -0.490 e. The lowest BCUT2D eigenvalue weighted by Crippen LogP contribution is -2.18. The molecule has 0 aliphatic heterocycles. The van der Waals surface area contributed by atoms with Crippen LogP contribution in [0.2, 0.25) is 0 Å². The summed E-state index contributed by atoms with van der Waals surface area (Å²) >= 11 is 0. The predicted molar refractivity (Wildman–Crippen MR) is 140 cm³/mol. The largest absolute Gasteiger partial charge is 0.490 e. The molecule has 0 spiro atoms. The van der Waals surface area contributed by atoms with Crippen LogP contribution in [0.1, 0.15) is 23.6 Å². The van der Waals surface area contributed by atoms with Crippen LogP contribution in [-0.4, -0.2) is 18.9 Å². The first-order valence-electron chi connectivity index (χ1n) is 11.5. The lowest BCUT2D eigenvalue weighted by molar-refractivity contribution is 0.217. The second-order valence-corrected chi connectivity index (χ2v) is 7.92. The molecular weight excluding hydrogens is 434 g/mol. The zero-order chi connectivity index (χ0) is 24.3. The molecule has 0 amide bonds. The van der Waals surface area contributed by atoms with Crippen LogP contribution < -0.4 is 14.5 Å². The van der Waals surface area contributed by atoms with E-state index >= 15 is 0 Å². The number of hydrogen-bond donors (Lipinski definition) is 0. The van der Waals surface area contributed by atoms with Gasteiger partial charge in [0.1, 0.15) is 24.7 Å². The van der Waals surface area contributed by atoms with E-state index in [0.717, 1.165) is 22.7 Å². The van der Waals surface area contributed by atoms with E-state index in [1.165, 1.54) is 5.56 Å². The van der Waals surface area contributed by atoms with Crippen molar-refractivity contribution in [2.24, 2.45) is 5.10 Å². The highest BCUT2D eigenvalue weighted by molar-refractivity contribution is 5.99.